The van der Waals surface area contributed by atoms with Crippen molar-refractivity contribution in [2.75, 3.05) is 15.6 Å². The molecule has 0 aliphatic carbocycles. The fourth-order valence-corrected chi connectivity index (χ4v) is 6.31. The number of benzene rings is 3. The van der Waals surface area contributed by atoms with E-state index < -0.39 is 25.9 Å². The zero-order chi connectivity index (χ0) is 22.2. The Morgan fingerprint density at radius 1 is 0.903 bits per heavy atom. The monoisotopic (exact) mass is 480 g/mol. The first-order valence-corrected chi connectivity index (χ1v) is 12.7. The van der Waals surface area contributed by atoms with E-state index in [0.717, 1.165) is 23.8 Å². The Morgan fingerprint density at radius 3 is 2.35 bits per heavy atom. The van der Waals surface area contributed by atoms with Gasteiger partial charge in [0, 0.05) is 6.54 Å². The molecule has 0 saturated heterocycles. The summed E-state index contributed by atoms with van der Waals surface area (Å²) in [6.07, 6.45) is 1.33. The maximum atomic E-state index is 13.4. The maximum Gasteiger partial charge on any atom is 0.264 e. The number of hydrogen-bond donors (Lipinski definition) is 1. The quantitative estimate of drug-likeness (QED) is 0.586. The molecule has 0 bridgehead atoms. The van der Waals surface area contributed by atoms with Crippen molar-refractivity contribution >= 4 is 43.0 Å². The number of halogens is 2. The molecule has 0 fully saturated rings. The highest BCUT2D eigenvalue weighted by Crippen LogP contribution is 2.34. The summed E-state index contributed by atoms with van der Waals surface area (Å²) in [6, 6.07) is 15.9. The predicted molar refractivity (Wildman–Crippen MR) is 118 cm³/mol. The minimum absolute atomic E-state index is 0.162. The van der Waals surface area contributed by atoms with Crippen molar-refractivity contribution in [2.24, 2.45) is 0 Å². The van der Waals surface area contributed by atoms with E-state index in [-0.39, 0.29) is 27.0 Å². The van der Waals surface area contributed by atoms with Crippen LogP contribution in [0.3, 0.4) is 0 Å². The number of aryl methyl sites for hydroxylation is 1. The lowest BCUT2D eigenvalue weighted by Gasteiger charge is -2.31. The minimum atomic E-state index is -4.05. The third-order valence-corrected chi connectivity index (χ3v) is 8.44. The van der Waals surface area contributed by atoms with Crippen molar-refractivity contribution < 1.29 is 21.2 Å². The molecular weight excluding hydrogens is 463 g/mol. The molecule has 1 heterocycles. The third-order valence-electron chi connectivity index (χ3n) is 4.95. The lowest BCUT2D eigenvalue weighted by atomic mass is 10.0. The van der Waals surface area contributed by atoms with E-state index in [1.165, 1.54) is 22.5 Å². The average molecular weight is 481 g/mol. The summed E-state index contributed by atoms with van der Waals surface area (Å²) in [5.41, 5.74) is 1.42. The summed E-state index contributed by atoms with van der Waals surface area (Å²) in [5, 5.41) is -0.312. The van der Waals surface area contributed by atoms with Crippen molar-refractivity contribution in [3.05, 3.63) is 83.1 Å². The zero-order valence-electron chi connectivity index (χ0n) is 16.1. The Kier molecular flexibility index (Phi) is 5.67. The highest BCUT2D eigenvalue weighted by molar-refractivity contribution is 7.93. The van der Waals surface area contributed by atoms with E-state index >= 15 is 0 Å². The number of fused-ring (bicyclic) bond motifs is 1. The van der Waals surface area contributed by atoms with Crippen LogP contribution in [0.15, 0.2) is 76.5 Å². The standard InChI is InChI=1S/C21H18ClFN2O4S2/c22-19-14-18(10-11-20(19)23)30(26,27)24-16-9-8-15-5-4-12-25(21(15)13-16)31(28,29)17-6-2-1-3-7-17/h1-3,6-11,13-14,24H,4-5,12H2. The molecule has 1 N–H and O–H groups in total. The first kappa shape index (κ1) is 21.6. The molecule has 3 aromatic carbocycles. The van der Waals surface area contributed by atoms with Crippen LogP contribution in [0.2, 0.25) is 5.02 Å². The Balaban J connectivity index is 1.70. The SMILES string of the molecule is O=S(=O)(Nc1ccc2c(c1)N(S(=O)(=O)c1ccccc1)CCC2)c1ccc(F)c(Cl)c1. The predicted octanol–water partition coefficient (Wildman–Crippen LogP) is 4.42. The highest BCUT2D eigenvalue weighted by Gasteiger charge is 2.29. The topological polar surface area (TPSA) is 83.6 Å². The van der Waals surface area contributed by atoms with E-state index in [9.17, 15) is 21.2 Å². The Morgan fingerprint density at radius 2 is 1.65 bits per heavy atom. The van der Waals surface area contributed by atoms with Crippen LogP contribution in [0.5, 0.6) is 0 Å². The average Bonchev–Trinajstić information content (AvgIpc) is 2.75. The molecule has 0 unspecified atom stereocenters. The van der Waals surface area contributed by atoms with Crippen LogP contribution in [-0.2, 0) is 26.5 Å². The van der Waals surface area contributed by atoms with Crippen LogP contribution >= 0.6 is 11.6 Å². The molecule has 10 heteroatoms. The van der Waals surface area contributed by atoms with Crippen LogP contribution in [0.25, 0.3) is 0 Å². The molecule has 3 aromatic rings. The molecule has 0 amide bonds. The normalized spacial score (nSPS) is 14.2. The fourth-order valence-electron chi connectivity index (χ4n) is 3.43. The smallest absolute Gasteiger partial charge is 0.264 e. The molecule has 0 spiro atoms. The van der Waals surface area contributed by atoms with Crippen LogP contribution in [0, 0.1) is 5.82 Å². The van der Waals surface area contributed by atoms with Gasteiger partial charge in [-0.25, -0.2) is 21.2 Å². The van der Waals surface area contributed by atoms with Crippen LogP contribution in [0.1, 0.15) is 12.0 Å². The van der Waals surface area contributed by atoms with E-state index in [2.05, 4.69) is 4.72 Å². The van der Waals surface area contributed by atoms with Crippen molar-refractivity contribution in [1.82, 2.24) is 0 Å². The maximum absolute atomic E-state index is 13.4. The minimum Gasteiger partial charge on any atom is -0.280 e. The molecule has 4 rings (SSSR count). The summed E-state index contributed by atoms with van der Waals surface area (Å²) >= 11 is 5.70. The largest absolute Gasteiger partial charge is 0.280 e. The molecule has 0 atom stereocenters. The number of rotatable bonds is 5. The van der Waals surface area contributed by atoms with E-state index in [0.29, 0.717) is 18.5 Å². The molecule has 0 aromatic heterocycles. The number of nitrogens with zero attached hydrogens (tertiary/aromatic N) is 1. The highest BCUT2D eigenvalue weighted by atomic mass is 35.5. The number of anilines is 2. The van der Waals surface area contributed by atoms with Gasteiger partial charge in [0.05, 0.1) is 26.2 Å². The Hall–Kier alpha value is -2.62. The summed E-state index contributed by atoms with van der Waals surface area (Å²) in [4.78, 5) is -0.0415. The summed E-state index contributed by atoms with van der Waals surface area (Å²) < 4.78 is 68.9. The van der Waals surface area contributed by atoms with Gasteiger partial charge in [0.1, 0.15) is 5.82 Å². The van der Waals surface area contributed by atoms with Gasteiger partial charge in [0.15, 0.2) is 0 Å². The second kappa shape index (κ2) is 8.14. The van der Waals surface area contributed by atoms with E-state index in [4.69, 9.17) is 11.6 Å². The molecule has 0 saturated carbocycles. The Labute approximate surface area is 185 Å². The van der Waals surface area contributed by atoms with E-state index in [1.54, 1.807) is 30.3 Å². The number of hydrogen-bond acceptors (Lipinski definition) is 4. The molecule has 1 aliphatic rings. The Bertz CT molecular complexity index is 1350. The molecule has 162 valence electrons. The molecule has 0 radical (unpaired) electrons. The van der Waals surface area contributed by atoms with Crippen molar-refractivity contribution in [3.8, 4) is 0 Å². The first-order chi connectivity index (χ1) is 14.7. The summed E-state index contributed by atoms with van der Waals surface area (Å²) in [5.74, 6) is -0.726. The fraction of sp³-hybridized carbons (Fsp3) is 0.143. The summed E-state index contributed by atoms with van der Waals surface area (Å²) in [7, 11) is -7.85. The third kappa shape index (κ3) is 4.26. The van der Waals surface area contributed by atoms with Gasteiger partial charge in [-0.2, -0.15) is 0 Å². The van der Waals surface area contributed by atoms with Crippen LogP contribution < -0.4 is 9.03 Å². The first-order valence-electron chi connectivity index (χ1n) is 9.37. The van der Waals surface area contributed by atoms with Gasteiger partial charge in [-0.15, -0.1) is 0 Å². The summed E-state index contributed by atoms with van der Waals surface area (Å²) in [6.45, 7) is 0.286. The molecular formula is C21H18ClFN2O4S2. The van der Waals surface area contributed by atoms with Crippen molar-refractivity contribution in [2.45, 2.75) is 22.6 Å². The number of nitrogens with one attached hydrogen (secondary N) is 1. The van der Waals surface area contributed by atoms with Gasteiger partial charge in [0.25, 0.3) is 20.0 Å². The van der Waals surface area contributed by atoms with Crippen LogP contribution in [0.4, 0.5) is 15.8 Å². The van der Waals surface area contributed by atoms with Crippen molar-refractivity contribution in [1.29, 1.82) is 0 Å². The second-order valence-corrected chi connectivity index (χ2v) is 11.0. The van der Waals surface area contributed by atoms with Gasteiger partial charge < -0.3 is 0 Å². The lowest BCUT2D eigenvalue weighted by Crippen LogP contribution is -2.35. The molecule has 31 heavy (non-hydrogen) atoms. The van der Waals surface area contributed by atoms with Gasteiger partial charge in [-0.1, -0.05) is 35.9 Å². The van der Waals surface area contributed by atoms with Crippen LogP contribution in [-0.4, -0.2) is 23.4 Å². The van der Waals surface area contributed by atoms with Crippen molar-refractivity contribution in [3.63, 3.8) is 0 Å². The van der Waals surface area contributed by atoms with Gasteiger partial charge in [-0.05, 0) is 60.9 Å². The van der Waals surface area contributed by atoms with Gasteiger partial charge in [0.2, 0.25) is 0 Å². The van der Waals surface area contributed by atoms with Gasteiger partial charge >= 0.3 is 0 Å². The zero-order valence-corrected chi connectivity index (χ0v) is 18.5. The van der Waals surface area contributed by atoms with E-state index in [1.807, 2.05) is 0 Å². The lowest BCUT2D eigenvalue weighted by molar-refractivity contribution is 0.586. The second-order valence-electron chi connectivity index (χ2n) is 7.02. The molecule has 1 aliphatic heterocycles. The number of sulfonamides is 2. The molecule has 6 nitrogen and oxygen atoms in total. The van der Waals surface area contributed by atoms with Gasteiger partial charge in [-0.3, -0.25) is 9.03 Å².